The third-order valence-electron chi connectivity index (χ3n) is 4.49. The number of hydrogen-bond donors (Lipinski definition) is 5. The molecule has 4 aromatic rings. The Bertz CT molecular complexity index is 1120. The van der Waals surface area contributed by atoms with Gasteiger partial charge in [0.1, 0.15) is 11.7 Å². The van der Waals surface area contributed by atoms with Crippen molar-refractivity contribution in [1.29, 1.82) is 0 Å². The molecule has 146 valence electrons. The second-order valence-corrected chi connectivity index (χ2v) is 6.50. The Morgan fingerprint density at radius 1 is 1.03 bits per heavy atom. The quantitative estimate of drug-likeness (QED) is 0.347. The van der Waals surface area contributed by atoms with Gasteiger partial charge in [-0.15, -0.1) is 0 Å². The van der Waals surface area contributed by atoms with E-state index in [9.17, 15) is 14.7 Å². The van der Waals surface area contributed by atoms with Gasteiger partial charge in [0.25, 0.3) is 11.8 Å². The highest BCUT2D eigenvalue weighted by Gasteiger charge is 2.22. The Kier molecular flexibility index (Phi) is 5.08. The van der Waals surface area contributed by atoms with E-state index in [1.807, 2.05) is 54.6 Å². The molecule has 1 atom stereocenters. The van der Waals surface area contributed by atoms with E-state index in [0.29, 0.717) is 11.5 Å². The van der Waals surface area contributed by atoms with Crippen LogP contribution in [0.5, 0.6) is 0 Å². The fourth-order valence-corrected chi connectivity index (χ4v) is 2.99. The molecule has 2 amide bonds. The van der Waals surface area contributed by atoms with Crippen molar-refractivity contribution < 1.29 is 14.7 Å². The summed E-state index contributed by atoms with van der Waals surface area (Å²) in [5.74, 6) is -0.752. The maximum Gasteiger partial charge on any atom is 0.268 e. The van der Waals surface area contributed by atoms with Gasteiger partial charge in [0, 0.05) is 17.0 Å². The predicted molar refractivity (Wildman–Crippen MR) is 109 cm³/mol. The molecule has 0 aliphatic rings. The Hall–Kier alpha value is -3.91. The molecule has 29 heavy (non-hydrogen) atoms. The number of H-pyrrole nitrogens is 2. The number of aliphatic hydroxyl groups excluding tert-OH is 1. The summed E-state index contributed by atoms with van der Waals surface area (Å²) in [4.78, 5) is 27.9. The van der Waals surface area contributed by atoms with E-state index >= 15 is 0 Å². The molecule has 0 aliphatic carbocycles. The number of aliphatic hydroxyl groups is 1. The maximum absolute atomic E-state index is 12.5. The zero-order valence-corrected chi connectivity index (χ0v) is 15.3. The van der Waals surface area contributed by atoms with Crippen LogP contribution in [0.25, 0.3) is 22.2 Å². The highest BCUT2D eigenvalue weighted by atomic mass is 16.3. The largest absolute Gasteiger partial charge is 0.394 e. The maximum atomic E-state index is 12.5. The second-order valence-electron chi connectivity index (χ2n) is 6.50. The molecule has 0 bridgehead atoms. The molecule has 1 unspecified atom stereocenters. The molecule has 0 fully saturated rings. The van der Waals surface area contributed by atoms with Crippen LogP contribution >= 0.6 is 0 Å². The lowest BCUT2D eigenvalue weighted by atomic mass is 10.1. The number of benzene rings is 2. The van der Waals surface area contributed by atoms with Gasteiger partial charge in [-0.05, 0) is 17.7 Å². The van der Waals surface area contributed by atoms with E-state index in [0.717, 1.165) is 22.2 Å². The summed E-state index contributed by atoms with van der Waals surface area (Å²) in [6, 6.07) is 19.2. The average molecular weight is 389 g/mol. The minimum Gasteiger partial charge on any atom is -0.394 e. The minimum absolute atomic E-state index is 0.298. The number of aromatic amines is 2. The first-order valence-electron chi connectivity index (χ1n) is 9.05. The fraction of sp³-hybridized carbons (Fsp3) is 0.0952. The first-order valence-corrected chi connectivity index (χ1v) is 9.05. The molecule has 2 aromatic carbocycles. The SMILES string of the molecule is O=C(NC(CO)C(=O)Nc1cc(-c2ccccc2)[nH]n1)c1cc2ccccc2[nH]1. The van der Waals surface area contributed by atoms with E-state index in [4.69, 9.17) is 0 Å². The number of nitrogens with one attached hydrogen (secondary N) is 4. The number of amides is 2. The summed E-state index contributed by atoms with van der Waals surface area (Å²) >= 11 is 0. The topological polar surface area (TPSA) is 123 Å². The Morgan fingerprint density at radius 3 is 2.55 bits per heavy atom. The number of para-hydroxylation sites is 1. The lowest BCUT2D eigenvalue weighted by molar-refractivity contribution is -0.118. The Balaban J connectivity index is 1.43. The summed E-state index contributed by atoms with van der Waals surface area (Å²) in [6.07, 6.45) is 0. The highest BCUT2D eigenvalue weighted by Crippen LogP contribution is 2.19. The first-order chi connectivity index (χ1) is 14.1. The van der Waals surface area contributed by atoms with Crippen molar-refractivity contribution in [2.45, 2.75) is 6.04 Å². The molecular formula is C21H19N5O3. The standard InChI is InChI=1S/C21H19N5O3/c27-12-18(23-20(28)17-10-14-8-4-5-9-15(14)22-17)21(29)24-19-11-16(25-26-19)13-6-2-1-3-7-13/h1-11,18,22,27H,12H2,(H,23,28)(H2,24,25,26,29). The van der Waals surface area contributed by atoms with Crippen LogP contribution in [0.15, 0.2) is 66.7 Å². The van der Waals surface area contributed by atoms with Crippen LogP contribution in [0.3, 0.4) is 0 Å². The normalized spacial score (nSPS) is 11.9. The van der Waals surface area contributed by atoms with Crippen LogP contribution < -0.4 is 10.6 Å². The van der Waals surface area contributed by atoms with Gasteiger partial charge in [-0.25, -0.2) is 0 Å². The molecule has 0 saturated heterocycles. The van der Waals surface area contributed by atoms with Crippen molar-refractivity contribution in [2.24, 2.45) is 0 Å². The van der Waals surface area contributed by atoms with Gasteiger partial charge in [-0.2, -0.15) is 5.10 Å². The number of anilines is 1. The summed E-state index contributed by atoms with van der Waals surface area (Å²) in [5.41, 5.74) is 2.78. The lowest BCUT2D eigenvalue weighted by Crippen LogP contribution is -2.46. The summed E-state index contributed by atoms with van der Waals surface area (Å²) in [5, 5.41) is 22.5. The van der Waals surface area contributed by atoms with E-state index in [2.05, 4.69) is 25.8 Å². The summed E-state index contributed by atoms with van der Waals surface area (Å²) in [6.45, 7) is -0.548. The van der Waals surface area contributed by atoms with E-state index < -0.39 is 24.5 Å². The molecule has 0 aliphatic heterocycles. The zero-order chi connectivity index (χ0) is 20.2. The monoisotopic (exact) mass is 389 g/mol. The minimum atomic E-state index is -1.12. The third kappa shape index (κ3) is 4.02. The van der Waals surface area contributed by atoms with Crippen molar-refractivity contribution in [2.75, 3.05) is 11.9 Å². The van der Waals surface area contributed by atoms with E-state index in [1.165, 1.54) is 0 Å². The fourth-order valence-electron chi connectivity index (χ4n) is 2.99. The van der Waals surface area contributed by atoms with Crippen molar-refractivity contribution in [3.05, 3.63) is 72.4 Å². The summed E-state index contributed by atoms with van der Waals surface area (Å²) < 4.78 is 0. The van der Waals surface area contributed by atoms with E-state index in [-0.39, 0.29) is 0 Å². The third-order valence-corrected chi connectivity index (χ3v) is 4.49. The number of rotatable bonds is 6. The molecule has 2 heterocycles. The van der Waals surface area contributed by atoms with Crippen molar-refractivity contribution >= 4 is 28.5 Å². The molecule has 8 nitrogen and oxygen atoms in total. The van der Waals surface area contributed by atoms with Crippen LogP contribution in [0.1, 0.15) is 10.5 Å². The van der Waals surface area contributed by atoms with Crippen LogP contribution in [0.4, 0.5) is 5.82 Å². The predicted octanol–water partition coefficient (Wildman–Crippen LogP) is 2.29. The second kappa shape index (κ2) is 7.99. The van der Waals surface area contributed by atoms with Gasteiger partial charge in [0.2, 0.25) is 0 Å². The molecular weight excluding hydrogens is 370 g/mol. The number of carbonyl (C=O) groups is 2. The van der Waals surface area contributed by atoms with E-state index in [1.54, 1.807) is 12.1 Å². The average Bonchev–Trinajstić information content (AvgIpc) is 3.39. The molecule has 2 aromatic heterocycles. The number of carbonyl (C=O) groups excluding carboxylic acids is 2. The van der Waals surface area contributed by atoms with Crippen molar-refractivity contribution in [3.8, 4) is 11.3 Å². The molecule has 0 saturated carbocycles. The first kappa shape index (κ1) is 18.5. The van der Waals surface area contributed by atoms with Gasteiger partial charge >= 0.3 is 0 Å². The Morgan fingerprint density at radius 2 is 1.79 bits per heavy atom. The highest BCUT2D eigenvalue weighted by molar-refractivity contribution is 6.02. The number of nitrogens with zero attached hydrogens (tertiary/aromatic N) is 1. The number of fused-ring (bicyclic) bond motifs is 1. The van der Waals surface area contributed by atoms with Crippen LogP contribution in [-0.2, 0) is 4.79 Å². The van der Waals surface area contributed by atoms with Crippen LogP contribution in [0, 0.1) is 0 Å². The summed E-state index contributed by atoms with van der Waals surface area (Å²) in [7, 11) is 0. The van der Waals surface area contributed by atoms with Crippen LogP contribution in [0.2, 0.25) is 0 Å². The number of aromatic nitrogens is 3. The van der Waals surface area contributed by atoms with Gasteiger partial charge in [-0.1, -0.05) is 48.5 Å². The van der Waals surface area contributed by atoms with Gasteiger partial charge in [0.05, 0.1) is 12.3 Å². The smallest absolute Gasteiger partial charge is 0.268 e. The molecule has 8 heteroatoms. The van der Waals surface area contributed by atoms with Crippen LogP contribution in [-0.4, -0.2) is 44.8 Å². The lowest BCUT2D eigenvalue weighted by Gasteiger charge is -2.14. The number of hydrogen-bond acceptors (Lipinski definition) is 4. The van der Waals surface area contributed by atoms with Gasteiger partial charge in [-0.3, -0.25) is 14.7 Å². The molecule has 0 radical (unpaired) electrons. The van der Waals surface area contributed by atoms with Crippen molar-refractivity contribution in [3.63, 3.8) is 0 Å². The molecule has 5 N–H and O–H groups in total. The van der Waals surface area contributed by atoms with Crippen molar-refractivity contribution in [1.82, 2.24) is 20.5 Å². The molecule has 0 spiro atoms. The Labute approximate surface area is 166 Å². The van der Waals surface area contributed by atoms with Gasteiger partial charge < -0.3 is 20.7 Å². The zero-order valence-electron chi connectivity index (χ0n) is 15.3. The molecule has 4 rings (SSSR count). The van der Waals surface area contributed by atoms with Gasteiger partial charge in [0.15, 0.2) is 5.82 Å².